The standard InChI is InChI=1S/C6H10N4O/c1-4(7)9-10-3-5(8)2-6(10)11/h8H,2-3H2,1H3,(H2,7,9). The molecule has 11 heavy (non-hydrogen) atoms. The lowest BCUT2D eigenvalue weighted by Gasteiger charge is -2.06. The van der Waals surface area contributed by atoms with Crippen LogP contribution in [-0.2, 0) is 4.79 Å². The van der Waals surface area contributed by atoms with Gasteiger partial charge in [0.1, 0.15) is 5.84 Å². The predicted molar refractivity (Wildman–Crippen MR) is 41.4 cm³/mol. The lowest BCUT2D eigenvalue weighted by atomic mass is 10.3. The number of carbonyl (C=O) groups excluding carboxylic acids is 1. The van der Waals surface area contributed by atoms with Crippen LogP contribution in [0.4, 0.5) is 0 Å². The fraction of sp³-hybridized carbons (Fsp3) is 0.500. The molecule has 1 heterocycles. The average Bonchev–Trinajstić information content (AvgIpc) is 2.09. The van der Waals surface area contributed by atoms with Crippen LogP contribution in [0.15, 0.2) is 5.10 Å². The molecule has 0 aromatic carbocycles. The Balaban J connectivity index is 2.68. The van der Waals surface area contributed by atoms with E-state index in [9.17, 15) is 4.79 Å². The van der Waals surface area contributed by atoms with Crippen LogP contribution in [0.1, 0.15) is 13.3 Å². The molecule has 1 aliphatic rings. The summed E-state index contributed by atoms with van der Waals surface area (Å²) < 4.78 is 0. The summed E-state index contributed by atoms with van der Waals surface area (Å²) in [5, 5.41) is 12.1. The zero-order chi connectivity index (χ0) is 8.43. The number of nitrogens with two attached hydrogens (primary N) is 1. The lowest BCUT2D eigenvalue weighted by Crippen LogP contribution is -2.22. The second kappa shape index (κ2) is 2.69. The summed E-state index contributed by atoms with van der Waals surface area (Å²) in [5.74, 6) is 0.188. The van der Waals surface area contributed by atoms with E-state index in [-0.39, 0.29) is 18.9 Å². The average molecular weight is 154 g/mol. The number of amidine groups is 1. The van der Waals surface area contributed by atoms with Crippen LogP contribution in [0.3, 0.4) is 0 Å². The molecule has 1 saturated heterocycles. The molecule has 3 N–H and O–H groups in total. The Morgan fingerprint density at radius 1 is 1.82 bits per heavy atom. The molecule has 0 atom stereocenters. The van der Waals surface area contributed by atoms with Gasteiger partial charge in [-0.3, -0.25) is 4.79 Å². The molecule has 60 valence electrons. The highest BCUT2D eigenvalue weighted by Crippen LogP contribution is 2.06. The molecule has 0 bridgehead atoms. The summed E-state index contributed by atoms with van der Waals surface area (Å²) in [6.45, 7) is 1.89. The molecular weight excluding hydrogens is 144 g/mol. The molecule has 0 unspecified atom stereocenters. The maximum atomic E-state index is 10.9. The topological polar surface area (TPSA) is 82.5 Å². The van der Waals surface area contributed by atoms with Crippen LogP contribution in [-0.4, -0.2) is 29.0 Å². The Kier molecular flexibility index (Phi) is 1.89. The monoisotopic (exact) mass is 154 g/mol. The van der Waals surface area contributed by atoms with Gasteiger partial charge >= 0.3 is 0 Å². The highest BCUT2D eigenvalue weighted by molar-refractivity contribution is 6.06. The van der Waals surface area contributed by atoms with Gasteiger partial charge in [-0.25, -0.2) is 5.01 Å². The number of hydrogen-bond acceptors (Lipinski definition) is 3. The molecule has 1 fully saturated rings. The molecule has 0 aromatic heterocycles. The van der Waals surface area contributed by atoms with Crippen LogP contribution in [0.5, 0.6) is 0 Å². The van der Waals surface area contributed by atoms with Crippen molar-refractivity contribution in [3.63, 3.8) is 0 Å². The van der Waals surface area contributed by atoms with E-state index in [1.54, 1.807) is 6.92 Å². The molecule has 0 aliphatic carbocycles. The van der Waals surface area contributed by atoms with Gasteiger partial charge in [0, 0.05) is 5.71 Å². The van der Waals surface area contributed by atoms with Crippen molar-refractivity contribution in [2.45, 2.75) is 13.3 Å². The Hall–Kier alpha value is -1.39. The smallest absolute Gasteiger partial charge is 0.248 e. The second-order valence-electron chi connectivity index (χ2n) is 2.47. The van der Waals surface area contributed by atoms with Crippen molar-refractivity contribution >= 4 is 17.5 Å². The first-order valence-electron chi connectivity index (χ1n) is 3.27. The number of nitrogens with zero attached hydrogens (tertiary/aromatic N) is 2. The molecule has 0 aromatic rings. The summed E-state index contributed by atoms with van der Waals surface area (Å²) in [7, 11) is 0. The van der Waals surface area contributed by atoms with Crippen LogP contribution in [0, 0.1) is 5.41 Å². The highest BCUT2D eigenvalue weighted by atomic mass is 16.2. The van der Waals surface area contributed by atoms with Gasteiger partial charge in [-0.1, -0.05) is 0 Å². The number of hydrazone groups is 1. The number of carbonyl (C=O) groups is 1. The third-order valence-electron chi connectivity index (χ3n) is 1.27. The zero-order valence-corrected chi connectivity index (χ0v) is 6.29. The van der Waals surface area contributed by atoms with Gasteiger partial charge in [-0.15, -0.1) is 0 Å². The third-order valence-corrected chi connectivity index (χ3v) is 1.27. The quantitative estimate of drug-likeness (QED) is 0.395. The van der Waals surface area contributed by atoms with E-state index in [1.165, 1.54) is 5.01 Å². The summed E-state index contributed by atoms with van der Waals surface area (Å²) in [6.07, 6.45) is 0.177. The SMILES string of the molecule is C/C(N)=N/N1CC(=N)CC1=O. The molecule has 0 saturated carbocycles. The van der Waals surface area contributed by atoms with Crippen molar-refractivity contribution in [3.8, 4) is 0 Å². The van der Waals surface area contributed by atoms with Gasteiger partial charge in [-0.05, 0) is 6.92 Å². The van der Waals surface area contributed by atoms with E-state index in [0.717, 1.165) is 0 Å². The molecule has 1 rings (SSSR count). The van der Waals surface area contributed by atoms with Crippen LogP contribution in [0.25, 0.3) is 0 Å². The van der Waals surface area contributed by atoms with Crippen LogP contribution < -0.4 is 5.73 Å². The van der Waals surface area contributed by atoms with Crippen LogP contribution in [0.2, 0.25) is 0 Å². The predicted octanol–water partition coefficient (Wildman–Crippen LogP) is -0.469. The molecule has 0 spiro atoms. The largest absolute Gasteiger partial charge is 0.386 e. The van der Waals surface area contributed by atoms with Crippen molar-refractivity contribution in [1.82, 2.24) is 5.01 Å². The molecule has 5 heteroatoms. The van der Waals surface area contributed by atoms with E-state index in [0.29, 0.717) is 11.5 Å². The van der Waals surface area contributed by atoms with Crippen molar-refractivity contribution in [3.05, 3.63) is 0 Å². The normalized spacial score (nSPS) is 19.7. The Morgan fingerprint density at radius 2 is 2.45 bits per heavy atom. The lowest BCUT2D eigenvalue weighted by molar-refractivity contribution is -0.127. The summed E-state index contributed by atoms with van der Waals surface area (Å²) in [6, 6.07) is 0. The minimum atomic E-state index is -0.153. The van der Waals surface area contributed by atoms with Gasteiger partial charge in [0.2, 0.25) is 5.91 Å². The van der Waals surface area contributed by atoms with E-state index < -0.39 is 0 Å². The fourth-order valence-corrected chi connectivity index (χ4v) is 0.880. The molecule has 0 radical (unpaired) electrons. The van der Waals surface area contributed by atoms with Gasteiger partial charge < -0.3 is 11.1 Å². The number of nitrogens with one attached hydrogen (secondary N) is 1. The fourth-order valence-electron chi connectivity index (χ4n) is 0.880. The number of rotatable bonds is 1. The van der Waals surface area contributed by atoms with Gasteiger partial charge in [-0.2, -0.15) is 5.10 Å². The van der Waals surface area contributed by atoms with Crippen molar-refractivity contribution in [1.29, 1.82) is 5.41 Å². The summed E-state index contributed by atoms with van der Waals surface area (Å²) >= 11 is 0. The Morgan fingerprint density at radius 3 is 2.82 bits per heavy atom. The van der Waals surface area contributed by atoms with E-state index >= 15 is 0 Å². The van der Waals surface area contributed by atoms with Gasteiger partial charge in [0.05, 0.1) is 13.0 Å². The van der Waals surface area contributed by atoms with E-state index in [2.05, 4.69) is 5.10 Å². The summed E-state index contributed by atoms with van der Waals surface area (Å²) in [5.41, 5.74) is 5.65. The van der Waals surface area contributed by atoms with E-state index in [4.69, 9.17) is 11.1 Å². The van der Waals surface area contributed by atoms with Crippen LogP contribution >= 0.6 is 0 Å². The van der Waals surface area contributed by atoms with Crippen molar-refractivity contribution in [2.24, 2.45) is 10.8 Å². The first-order valence-corrected chi connectivity index (χ1v) is 3.27. The molecule has 5 nitrogen and oxygen atoms in total. The van der Waals surface area contributed by atoms with Gasteiger partial charge in [0.15, 0.2) is 0 Å². The number of amides is 1. The zero-order valence-electron chi connectivity index (χ0n) is 6.29. The maximum absolute atomic E-state index is 10.9. The molecule has 1 aliphatic heterocycles. The molecular formula is C6H10N4O. The highest BCUT2D eigenvalue weighted by Gasteiger charge is 2.24. The Bertz CT molecular complexity index is 229. The van der Waals surface area contributed by atoms with E-state index in [1.807, 2.05) is 0 Å². The maximum Gasteiger partial charge on any atom is 0.248 e. The first kappa shape index (κ1) is 7.71. The van der Waals surface area contributed by atoms with Crippen molar-refractivity contribution < 1.29 is 4.79 Å². The molecule has 1 amide bonds. The minimum Gasteiger partial charge on any atom is -0.386 e. The third kappa shape index (κ3) is 1.76. The first-order chi connectivity index (χ1) is 5.09. The summed E-state index contributed by atoms with van der Waals surface area (Å²) in [4.78, 5) is 10.9. The van der Waals surface area contributed by atoms with Crippen molar-refractivity contribution in [2.75, 3.05) is 6.54 Å². The minimum absolute atomic E-state index is 0.153. The van der Waals surface area contributed by atoms with Gasteiger partial charge in [0.25, 0.3) is 0 Å². The second-order valence-corrected chi connectivity index (χ2v) is 2.47. The number of hydrogen-bond donors (Lipinski definition) is 2. The Labute approximate surface area is 64.4 Å².